The molecular weight excluding hydrogens is 250 g/mol. The molecule has 1 N–H and O–H groups in total. The van der Waals surface area contributed by atoms with E-state index in [0.29, 0.717) is 25.0 Å². The summed E-state index contributed by atoms with van der Waals surface area (Å²) in [6.07, 6.45) is 0. The Labute approximate surface area is 123 Å². The highest BCUT2D eigenvalue weighted by atomic mass is 16.5. The Morgan fingerprint density at radius 3 is 2.40 bits per heavy atom. The van der Waals surface area contributed by atoms with Gasteiger partial charge < -0.3 is 14.8 Å². The lowest BCUT2D eigenvalue weighted by molar-refractivity contribution is 0.245. The standard InChI is InChI=1S/C17H29NO2/c1-6-19-16-9-7-8-15(11-18-10-13(2)3)17(16)20-12-14(4)5/h7-9,13-14,18H,6,10-12H2,1-5H3. The lowest BCUT2D eigenvalue weighted by Gasteiger charge is -2.18. The van der Waals surface area contributed by atoms with E-state index in [2.05, 4.69) is 39.1 Å². The van der Waals surface area contributed by atoms with Crippen LogP contribution in [0.1, 0.15) is 40.2 Å². The third kappa shape index (κ3) is 5.83. The number of benzene rings is 1. The van der Waals surface area contributed by atoms with Crippen molar-refractivity contribution >= 4 is 0 Å². The molecule has 3 heteroatoms. The summed E-state index contributed by atoms with van der Waals surface area (Å²) in [5.41, 5.74) is 1.16. The Balaban J connectivity index is 2.81. The second-order valence-electron chi connectivity index (χ2n) is 5.91. The van der Waals surface area contributed by atoms with Crippen molar-refractivity contribution < 1.29 is 9.47 Å². The largest absolute Gasteiger partial charge is 0.490 e. The zero-order valence-corrected chi connectivity index (χ0v) is 13.5. The maximum Gasteiger partial charge on any atom is 0.165 e. The van der Waals surface area contributed by atoms with Gasteiger partial charge in [0, 0.05) is 12.1 Å². The van der Waals surface area contributed by atoms with Crippen LogP contribution in [0.2, 0.25) is 0 Å². The summed E-state index contributed by atoms with van der Waals surface area (Å²) in [6.45, 7) is 13.9. The molecule has 114 valence electrons. The highest BCUT2D eigenvalue weighted by molar-refractivity contribution is 5.46. The predicted molar refractivity (Wildman–Crippen MR) is 84.5 cm³/mol. The van der Waals surface area contributed by atoms with Gasteiger partial charge in [0.2, 0.25) is 0 Å². The first-order chi connectivity index (χ1) is 9.54. The van der Waals surface area contributed by atoms with Crippen molar-refractivity contribution in [2.24, 2.45) is 11.8 Å². The fourth-order valence-electron chi connectivity index (χ4n) is 1.88. The first kappa shape index (κ1) is 16.8. The van der Waals surface area contributed by atoms with E-state index in [-0.39, 0.29) is 0 Å². The van der Waals surface area contributed by atoms with Gasteiger partial charge in [-0.1, -0.05) is 39.8 Å². The first-order valence-corrected chi connectivity index (χ1v) is 7.62. The molecule has 0 spiro atoms. The van der Waals surface area contributed by atoms with Crippen molar-refractivity contribution in [3.63, 3.8) is 0 Å². The topological polar surface area (TPSA) is 30.5 Å². The lowest BCUT2D eigenvalue weighted by atomic mass is 10.1. The van der Waals surface area contributed by atoms with Crippen molar-refractivity contribution in [3.05, 3.63) is 23.8 Å². The molecule has 0 aromatic heterocycles. The molecule has 0 bridgehead atoms. The van der Waals surface area contributed by atoms with E-state index in [0.717, 1.165) is 30.2 Å². The van der Waals surface area contributed by atoms with Crippen LogP contribution in [0.5, 0.6) is 11.5 Å². The van der Waals surface area contributed by atoms with Gasteiger partial charge in [-0.15, -0.1) is 0 Å². The number of rotatable bonds is 9. The van der Waals surface area contributed by atoms with Crippen LogP contribution in [0.4, 0.5) is 0 Å². The summed E-state index contributed by atoms with van der Waals surface area (Å²) >= 11 is 0. The average Bonchev–Trinajstić information content (AvgIpc) is 2.37. The first-order valence-electron chi connectivity index (χ1n) is 7.62. The van der Waals surface area contributed by atoms with Crippen LogP contribution < -0.4 is 14.8 Å². The number of para-hydroxylation sites is 1. The van der Waals surface area contributed by atoms with Gasteiger partial charge in [-0.2, -0.15) is 0 Å². The molecule has 3 nitrogen and oxygen atoms in total. The van der Waals surface area contributed by atoms with Gasteiger partial charge in [-0.3, -0.25) is 0 Å². The van der Waals surface area contributed by atoms with Crippen molar-refractivity contribution in [1.82, 2.24) is 5.32 Å². The minimum Gasteiger partial charge on any atom is -0.490 e. The van der Waals surface area contributed by atoms with Gasteiger partial charge >= 0.3 is 0 Å². The lowest BCUT2D eigenvalue weighted by Crippen LogP contribution is -2.20. The molecule has 0 radical (unpaired) electrons. The molecule has 0 amide bonds. The fourth-order valence-corrected chi connectivity index (χ4v) is 1.88. The number of nitrogens with one attached hydrogen (secondary N) is 1. The van der Waals surface area contributed by atoms with E-state index in [1.54, 1.807) is 0 Å². The average molecular weight is 279 g/mol. The predicted octanol–water partition coefficient (Wildman–Crippen LogP) is 3.87. The molecule has 0 heterocycles. The van der Waals surface area contributed by atoms with Crippen molar-refractivity contribution in [1.29, 1.82) is 0 Å². The third-order valence-corrected chi connectivity index (χ3v) is 2.79. The summed E-state index contributed by atoms with van der Waals surface area (Å²) < 4.78 is 11.7. The van der Waals surface area contributed by atoms with Crippen LogP contribution in [0.3, 0.4) is 0 Å². The van der Waals surface area contributed by atoms with Crippen LogP contribution in [0.25, 0.3) is 0 Å². The summed E-state index contributed by atoms with van der Waals surface area (Å²) in [6, 6.07) is 6.11. The smallest absolute Gasteiger partial charge is 0.165 e. The van der Waals surface area contributed by atoms with Gasteiger partial charge in [-0.05, 0) is 31.4 Å². The van der Waals surface area contributed by atoms with Gasteiger partial charge in [-0.25, -0.2) is 0 Å². The highest BCUT2D eigenvalue weighted by Gasteiger charge is 2.11. The molecule has 0 aliphatic heterocycles. The quantitative estimate of drug-likeness (QED) is 0.744. The van der Waals surface area contributed by atoms with E-state index in [1.807, 2.05) is 19.1 Å². The van der Waals surface area contributed by atoms with Gasteiger partial charge in [0.15, 0.2) is 11.5 Å². The number of ether oxygens (including phenoxy) is 2. The van der Waals surface area contributed by atoms with Crippen molar-refractivity contribution in [2.45, 2.75) is 41.2 Å². The van der Waals surface area contributed by atoms with Gasteiger partial charge in [0.1, 0.15) is 0 Å². The Kier molecular flexibility index (Phi) is 7.45. The van der Waals surface area contributed by atoms with Crippen LogP contribution in [-0.4, -0.2) is 19.8 Å². The van der Waals surface area contributed by atoms with Crippen LogP contribution >= 0.6 is 0 Å². The Morgan fingerprint density at radius 1 is 1.05 bits per heavy atom. The maximum absolute atomic E-state index is 5.97. The summed E-state index contributed by atoms with van der Waals surface area (Å²) in [4.78, 5) is 0. The second kappa shape index (κ2) is 8.85. The number of hydrogen-bond acceptors (Lipinski definition) is 3. The fraction of sp³-hybridized carbons (Fsp3) is 0.647. The minimum absolute atomic E-state index is 0.501. The van der Waals surface area contributed by atoms with E-state index in [4.69, 9.17) is 9.47 Å². The minimum atomic E-state index is 0.501. The molecule has 0 saturated heterocycles. The molecule has 20 heavy (non-hydrogen) atoms. The summed E-state index contributed by atoms with van der Waals surface area (Å²) in [5.74, 6) is 2.88. The normalized spacial score (nSPS) is 11.2. The molecule has 0 atom stereocenters. The summed E-state index contributed by atoms with van der Waals surface area (Å²) in [5, 5.41) is 3.46. The molecule has 0 aliphatic carbocycles. The third-order valence-electron chi connectivity index (χ3n) is 2.79. The molecule has 0 fully saturated rings. The second-order valence-corrected chi connectivity index (χ2v) is 5.91. The molecule has 1 rings (SSSR count). The van der Waals surface area contributed by atoms with Gasteiger partial charge in [0.25, 0.3) is 0 Å². The van der Waals surface area contributed by atoms with Crippen molar-refractivity contribution in [2.75, 3.05) is 19.8 Å². The summed E-state index contributed by atoms with van der Waals surface area (Å²) in [7, 11) is 0. The molecule has 0 aliphatic rings. The Morgan fingerprint density at radius 2 is 1.80 bits per heavy atom. The van der Waals surface area contributed by atoms with Crippen LogP contribution in [-0.2, 0) is 6.54 Å². The molecular formula is C17H29NO2. The van der Waals surface area contributed by atoms with E-state index in [9.17, 15) is 0 Å². The maximum atomic E-state index is 5.97. The molecule has 1 aromatic rings. The Hall–Kier alpha value is -1.22. The van der Waals surface area contributed by atoms with E-state index >= 15 is 0 Å². The van der Waals surface area contributed by atoms with Crippen LogP contribution in [0, 0.1) is 11.8 Å². The van der Waals surface area contributed by atoms with E-state index in [1.165, 1.54) is 0 Å². The molecule has 0 unspecified atom stereocenters. The van der Waals surface area contributed by atoms with Crippen LogP contribution in [0.15, 0.2) is 18.2 Å². The van der Waals surface area contributed by atoms with Crippen molar-refractivity contribution in [3.8, 4) is 11.5 Å². The highest BCUT2D eigenvalue weighted by Crippen LogP contribution is 2.31. The van der Waals surface area contributed by atoms with Gasteiger partial charge in [0.05, 0.1) is 13.2 Å². The SMILES string of the molecule is CCOc1cccc(CNCC(C)C)c1OCC(C)C. The number of hydrogen-bond donors (Lipinski definition) is 1. The van der Waals surface area contributed by atoms with E-state index < -0.39 is 0 Å². The Bertz CT molecular complexity index is 389. The zero-order chi connectivity index (χ0) is 15.0. The zero-order valence-electron chi connectivity index (χ0n) is 13.5. The molecule has 0 saturated carbocycles. The monoisotopic (exact) mass is 279 g/mol. The molecule has 1 aromatic carbocycles.